The highest BCUT2D eigenvalue weighted by Crippen LogP contribution is 2.15. The number of methoxy groups -OCH3 is 1. The Bertz CT molecular complexity index is 590. The van der Waals surface area contributed by atoms with Crippen LogP contribution >= 0.6 is 0 Å². The number of ether oxygens (including phenoxy) is 1. The molecule has 0 heterocycles. The van der Waals surface area contributed by atoms with Crippen LogP contribution in [-0.4, -0.2) is 24.2 Å². The monoisotopic (exact) mass is 285 g/mol. The van der Waals surface area contributed by atoms with E-state index in [9.17, 15) is 9.90 Å². The van der Waals surface area contributed by atoms with Crippen LogP contribution in [0.4, 0.5) is 5.69 Å². The number of benzene rings is 2. The molecule has 0 aliphatic heterocycles. The van der Waals surface area contributed by atoms with Crippen molar-refractivity contribution in [2.75, 3.05) is 12.4 Å². The summed E-state index contributed by atoms with van der Waals surface area (Å²) in [5.41, 5.74) is 2.64. The van der Waals surface area contributed by atoms with Gasteiger partial charge in [0.2, 0.25) is 0 Å². The molecule has 1 unspecified atom stereocenters. The lowest BCUT2D eigenvalue weighted by atomic mass is 10.1. The number of esters is 1. The van der Waals surface area contributed by atoms with Crippen LogP contribution in [0.15, 0.2) is 48.5 Å². The summed E-state index contributed by atoms with van der Waals surface area (Å²) in [6.45, 7) is 2.08. The van der Waals surface area contributed by atoms with Crippen molar-refractivity contribution in [2.24, 2.45) is 0 Å². The lowest BCUT2D eigenvalue weighted by Gasteiger charge is -2.15. The zero-order valence-corrected chi connectivity index (χ0v) is 12.2. The fourth-order valence-corrected chi connectivity index (χ4v) is 2.14. The van der Waals surface area contributed by atoms with E-state index in [4.69, 9.17) is 0 Å². The second-order valence-electron chi connectivity index (χ2n) is 4.98. The number of aromatic hydroxyl groups is 1. The van der Waals surface area contributed by atoms with Gasteiger partial charge < -0.3 is 15.2 Å². The van der Waals surface area contributed by atoms with Gasteiger partial charge in [0.1, 0.15) is 5.75 Å². The number of phenolic OH excluding ortho intramolecular Hbond substituents is 1. The first-order chi connectivity index (χ1) is 10.1. The van der Waals surface area contributed by atoms with Crippen LogP contribution in [0.25, 0.3) is 0 Å². The van der Waals surface area contributed by atoms with Gasteiger partial charge in [-0.25, -0.2) is 4.79 Å². The minimum atomic E-state index is -0.335. The summed E-state index contributed by atoms with van der Waals surface area (Å²) in [6, 6.07) is 14.6. The third-order valence-corrected chi connectivity index (χ3v) is 3.20. The van der Waals surface area contributed by atoms with E-state index in [-0.39, 0.29) is 17.8 Å². The van der Waals surface area contributed by atoms with Gasteiger partial charge in [0, 0.05) is 11.7 Å². The molecular formula is C17H19NO3. The first-order valence-electron chi connectivity index (χ1n) is 6.81. The predicted octanol–water partition coefficient (Wildman–Crippen LogP) is 3.22. The van der Waals surface area contributed by atoms with Crippen LogP contribution < -0.4 is 5.32 Å². The van der Waals surface area contributed by atoms with Gasteiger partial charge in [-0.15, -0.1) is 0 Å². The van der Waals surface area contributed by atoms with Crippen molar-refractivity contribution < 1.29 is 14.6 Å². The molecule has 0 amide bonds. The molecule has 2 rings (SSSR count). The SMILES string of the molecule is COC(=O)c1ccc(NC(C)Cc2ccc(O)cc2)cc1. The third kappa shape index (κ3) is 4.24. The van der Waals surface area contributed by atoms with Crippen LogP contribution in [0.5, 0.6) is 5.75 Å². The summed E-state index contributed by atoms with van der Waals surface area (Å²) >= 11 is 0. The number of anilines is 1. The maximum absolute atomic E-state index is 11.4. The highest BCUT2D eigenvalue weighted by Gasteiger charge is 2.07. The molecule has 0 fully saturated rings. The van der Waals surface area contributed by atoms with Gasteiger partial charge in [0.25, 0.3) is 0 Å². The van der Waals surface area contributed by atoms with Crippen molar-refractivity contribution in [2.45, 2.75) is 19.4 Å². The van der Waals surface area contributed by atoms with Crippen LogP contribution in [0, 0.1) is 0 Å². The average Bonchev–Trinajstić information content (AvgIpc) is 2.49. The lowest BCUT2D eigenvalue weighted by Crippen LogP contribution is -2.18. The minimum absolute atomic E-state index is 0.235. The van der Waals surface area contributed by atoms with Gasteiger partial charge >= 0.3 is 5.97 Å². The van der Waals surface area contributed by atoms with Gasteiger partial charge in [-0.05, 0) is 55.3 Å². The molecule has 2 aromatic rings. The molecule has 0 saturated heterocycles. The number of carbonyl (C=O) groups excluding carboxylic acids is 1. The van der Waals surface area contributed by atoms with E-state index in [1.165, 1.54) is 7.11 Å². The molecule has 4 heteroatoms. The van der Waals surface area contributed by atoms with E-state index >= 15 is 0 Å². The van der Waals surface area contributed by atoms with Crippen molar-refractivity contribution in [3.63, 3.8) is 0 Å². The topological polar surface area (TPSA) is 58.6 Å². The molecule has 0 aliphatic carbocycles. The molecule has 0 radical (unpaired) electrons. The van der Waals surface area contributed by atoms with Crippen LogP contribution in [0.1, 0.15) is 22.8 Å². The van der Waals surface area contributed by atoms with E-state index in [0.717, 1.165) is 17.7 Å². The predicted molar refractivity (Wildman–Crippen MR) is 82.7 cm³/mol. The smallest absolute Gasteiger partial charge is 0.337 e. The number of carbonyl (C=O) groups is 1. The fraction of sp³-hybridized carbons (Fsp3) is 0.235. The van der Waals surface area contributed by atoms with E-state index < -0.39 is 0 Å². The quantitative estimate of drug-likeness (QED) is 0.828. The third-order valence-electron chi connectivity index (χ3n) is 3.20. The van der Waals surface area contributed by atoms with E-state index in [0.29, 0.717) is 5.56 Å². The minimum Gasteiger partial charge on any atom is -0.508 e. The van der Waals surface area contributed by atoms with Gasteiger partial charge in [-0.2, -0.15) is 0 Å². The van der Waals surface area contributed by atoms with E-state index in [2.05, 4.69) is 17.0 Å². The molecule has 0 spiro atoms. The molecule has 110 valence electrons. The van der Waals surface area contributed by atoms with Crippen molar-refractivity contribution in [3.8, 4) is 5.75 Å². The summed E-state index contributed by atoms with van der Waals surface area (Å²) in [4.78, 5) is 11.4. The largest absolute Gasteiger partial charge is 0.508 e. The Balaban J connectivity index is 1.94. The zero-order valence-electron chi connectivity index (χ0n) is 12.2. The number of hydrogen-bond donors (Lipinski definition) is 2. The number of phenols is 1. The summed E-state index contributed by atoms with van der Waals surface area (Å²) in [5, 5.41) is 12.6. The second kappa shape index (κ2) is 6.79. The zero-order chi connectivity index (χ0) is 15.2. The van der Waals surface area contributed by atoms with Crippen molar-refractivity contribution >= 4 is 11.7 Å². The van der Waals surface area contributed by atoms with Gasteiger partial charge in [-0.1, -0.05) is 12.1 Å². The van der Waals surface area contributed by atoms with Crippen molar-refractivity contribution in [1.82, 2.24) is 0 Å². The maximum Gasteiger partial charge on any atom is 0.337 e. The van der Waals surface area contributed by atoms with E-state index in [1.54, 1.807) is 24.3 Å². The fourth-order valence-electron chi connectivity index (χ4n) is 2.14. The Morgan fingerprint density at radius 3 is 2.33 bits per heavy atom. The molecule has 2 N–H and O–H groups in total. The van der Waals surface area contributed by atoms with Crippen molar-refractivity contribution in [1.29, 1.82) is 0 Å². The normalized spacial score (nSPS) is 11.7. The van der Waals surface area contributed by atoms with Crippen LogP contribution in [-0.2, 0) is 11.2 Å². The van der Waals surface area contributed by atoms with E-state index in [1.807, 2.05) is 24.3 Å². The maximum atomic E-state index is 11.4. The molecule has 0 saturated carbocycles. The summed E-state index contributed by atoms with van der Waals surface area (Å²) in [6.07, 6.45) is 0.846. The Morgan fingerprint density at radius 2 is 1.76 bits per heavy atom. The number of hydrogen-bond acceptors (Lipinski definition) is 4. The molecule has 1 atom stereocenters. The Kier molecular flexibility index (Phi) is 4.82. The summed E-state index contributed by atoms with van der Waals surface area (Å²) < 4.78 is 4.67. The molecule has 4 nitrogen and oxygen atoms in total. The first-order valence-corrected chi connectivity index (χ1v) is 6.81. The summed E-state index contributed by atoms with van der Waals surface area (Å²) in [7, 11) is 1.37. The van der Waals surface area contributed by atoms with Crippen LogP contribution in [0.3, 0.4) is 0 Å². The number of nitrogens with one attached hydrogen (secondary N) is 1. The van der Waals surface area contributed by atoms with Gasteiger partial charge in [0.05, 0.1) is 12.7 Å². The lowest BCUT2D eigenvalue weighted by molar-refractivity contribution is 0.0601. The van der Waals surface area contributed by atoms with Gasteiger partial charge in [-0.3, -0.25) is 0 Å². The number of rotatable bonds is 5. The summed E-state index contributed by atoms with van der Waals surface area (Å²) in [5.74, 6) is -0.0588. The Labute approximate surface area is 124 Å². The molecule has 0 aliphatic rings. The van der Waals surface area contributed by atoms with Gasteiger partial charge in [0.15, 0.2) is 0 Å². The molecule has 0 bridgehead atoms. The molecule has 0 aromatic heterocycles. The molecular weight excluding hydrogens is 266 g/mol. The molecule has 21 heavy (non-hydrogen) atoms. The van der Waals surface area contributed by atoms with Crippen LogP contribution in [0.2, 0.25) is 0 Å². The van der Waals surface area contributed by atoms with Crippen molar-refractivity contribution in [3.05, 3.63) is 59.7 Å². The molecule has 2 aromatic carbocycles. The highest BCUT2D eigenvalue weighted by molar-refractivity contribution is 5.89. The average molecular weight is 285 g/mol. The first kappa shape index (κ1) is 14.9. The highest BCUT2D eigenvalue weighted by atomic mass is 16.5. The Hall–Kier alpha value is -2.49. The Morgan fingerprint density at radius 1 is 1.14 bits per heavy atom. The second-order valence-corrected chi connectivity index (χ2v) is 4.98. The standard InChI is InChI=1S/C17H19NO3/c1-12(11-13-3-9-16(19)10-4-13)18-15-7-5-14(6-8-15)17(20)21-2/h3-10,12,18-19H,11H2,1-2H3.